The van der Waals surface area contributed by atoms with Crippen LogP contribution >= 0.6 is 31.9 Å². The van der Waals surface area contributed by atoms with Crippen LogP contribution in [-0.4, -0.2) is 6.54 Å². The van der Waals surface area contributed by atoms with Gasteiger partial charge in [0.1, 0.15) is 0 Å². The largest absolute Gasteiger partial charge is 0.313 e. The Kier molecular flexibility index (Phi) is 8.46. The third-order valence-corrected chi connectivity index (χ3v) is 5.35. The second-order valence-electron chi connectivity index (χ2n) is 5.40. The Morgan fingerprint density at radius 3 is 2.48 bits per heavy atom. The number of benzene rings is 2. The van der Waals surface area contributed by atoms with Crippen molar-refractivity contribution in [3.8, 4) is 11.8 Å². The maximum Gasteiger partial charge on any atom is 0.0320 e. The standard InChI is InChI=1S/C20H21Br2N/c21-19-13-12-18(15-20(19)22)16-23-14-8-3-1-2-5-9-17-10-6-4-7-11-17/h4,6-7,10-13,15,23H,1-3,8,14,16H2. The molecule has 0 aliphatic rings. The molecular weight excluding hydrogens is 414 g/mol. The van der Waals surface area contributed by atoms with Gasteiger partial charge in [-0.3, -0.25) is 0 Å². The van der Waals surface area contributed by atoms with E-state index in [1.807, 2.05) is 18.2 Å². The van der Waals surface area contributed by atoms with Crippen molar-refractivity contribution in [2.24, 2.45) is 0 Å². The second-order valence-corrected chi connectivity index (χ2v) is 7.11. The second kappa shape index (κ2) is 10.6. The summed E-state index contributed by atoms with van der Waals surface area (Å²) in [7, 11) is 0. The molecule has 0 spiro atoms. The van der Waals surface area contributed by atoms with Crippen LogP contribution in [0, 0.1) is 11.8 Å². The van der Waals surface area contributed by atoms with E-state index in [9.17, 15) is 0 Å². The van der Waals surface area contributed by atoms with Crippen LogP contribution in [-0.2, 0) is 6.54 Å². The van der Waals surface area contributed by atoms with Gasteiger partial charge in [0.2, 0.25) is 0 Å². The van der Waals surface area contributed by atoms with Gasteiger partial charge in [0.05, 0.1) is 0 Å². The Bertz CT molecular complexity index is 656. The first kappa shape index (κ1) is 18.3. The average Bonchev–Trinajstić information content (AvgIpc) is 2.57. The first-order valence-electron chi connectivity index (χ1n) is 7.94. The molecule has 0 aliphatic heterocycles. The Morgan fingerprint density at radius 2 is 1.70 bits per heavy atom. The van der Waals surface area contributed by atoms with Gasteiger partial charge < -0.3 is 5.32 Å². The molecule has 0 unspecified atom stereocenters. The lowest BCUT2D eigenvalue weighted by molar-refractivity contribution is 0.608. The topological polar surface area (TPSA) is 12.0 Å². The van der Waals surface area contributed by atoms with Crippen molar-refractivity contribution in [2.45, 2.75) is 32.2 Å². The highest BCUT2D eigenvalue weighted by atomic mass is 79.9. The van der Waals surface area contributed by atoms with Gasteiger partial charge in [0.25, 0.3) is 0 Å². The van der Waals surface area contributed by atoms with Crippen molar-refractivity contribution >= 4 is 31.9 Å². The van der Waals surface area contributed by atoms with Crippen LogP contribution in [0.25, 0.3) is 0 Å². The van der Waals surface area contributed by atoms with Gasteiger partial charge in [-0.15, -0.1) is 0 Å². The third-order valence-electron chi connectivity index (χ3n) is 3.47. The third kappa shape index (κ3) is 7.35. The summed E-state index contributed by atoms with van der Waals surface area (Å²) in [6, 6.07) is 16.5. The molecule has 0 saturated carbocycles. The van der Waals surface area contributed by atoms with E-state index in [2.05, 4.69) is 79.3 Å². The lowest BCUT2D eigenvalue weighted by Crippen LogP contribution is -2.14. The molecule has 0 radical (unpaired) electrons. The summed E-state index contributed by atoms with van der Waals surface area (Å²) in [6.07, 6.45) is 4.57. The number of rotatable bonds is 7. The minimum atomic E-state index is 0.916. The van der Waals surface area contributed by atoms with Crippen LogP contribution in [0.1, 0.15) is 36.8 Å². The summed E-state index contributed by atoms with van der Waals surface area (Å²) in [5.41, 5.74) is 2.41. The van der Waals surface area contributed by atoms with E-state index in [4.69, 9.17) is 0 Å². The van der Waals surface area contributed by atoms with Crippen molar-refractivity contribution in [2.75, 3.05) is 6.54 Å². The molecule has 2 aromatic carbocycles. The summed E-state index contributed by atoms with van der Waals surface area (Å²) >= 11 is 7.02. The number of hydrogen-bond acceptors (Lipinski definition) is 1. The molecule has 0 saturated heterocycles. The van der Waals surface area contributed by atoms with E-state index in [0.29, 0.717) is 0 Å². The fourth-order valence-electron chi connectivity index (χ4n) is 2.21. The predicted octanol–water partition coefficient (Wildman–Crippen LogP) is 5.91. The lowest BCUT2D eigenvalue weighted by atomic mass is 10.1. The van der Waals surface area contributed by atoms with E-state index in [0.717, 1.165) is 34.0 Å². The Hall–Kier alpha value is -1.08. The predicted molar refractivity (Wildman–Crippen MR) is 105 cm³/mol. The molecule has 2 rings (SSSR count). The van der Waals surface area contributed by atoms with Crippen molar-refractivity contribution < 1.29 is 0 Å². The van der Waals surface area contributed by atoms with Crippen molar-refractivity contribution in [3.63, 3.8) is 0 Å². The monoisotopic (exact) mass is 433 g/mol. The molecule has 23 heavy (non-hydrogen) atoms. The average molecular weight is 435 g/mol. The van der Waals surface area contributed by atoms with Crippen molar-refractivity contribution in [1.29, 1.82) is 0 Å². The molecule has 1 nitrogen and oxygen atoms in total. The first-order valence-corrected chi connectivity index (χ1v) is 9.53. The van der Waals surface area contributed by atoms with Crippen LogP contribution < -0.4 is 5.32 Å². The minimum absolute atomic E-state index is 0.916. The number of nitrogens with one attached hydrogen (secondary N) is 1. The number of unbranched alkanes of at least 4 members (excludes halogenated alkanes) is 3. The van der Waals surface area contributed by atoms with Crippen LogP contribution in [0.15, 0.2) is 57.5 Å². The van der Waals surface area contributed by atoms with Crippen LogP contribution in [0.3, 0.4) is 0 Å². The van der Waals surface area contributed by atoms with Gasteiger partial charge in [-0.2, -0.15) is 0 Å². The lowest BCUT2D eigenvalue weighted by Gasteiger charge is -2.06. The summed E-state index contributed by atoms with van der Waals surface area (Å²) in [4.78, 5) is 0. The molecule has 0 bridgehead atoms. The maximum atomic E-state index is 3.53. The molecule has 1 N–H and O–H groups in total. The van der Waals surface area contributed by atoms with Gasteiger partial charge >= 0.3 is 0 Å². The van der Waals surface area contributed by atoms with E-state index in [1.165, 1.54) is 24.8 Å². The van der Waals surface area contributed by atoms with Gasteiger partial charge in [0, 0.05) is 27.5 Å². The molecule has 120 valence electrons. The molecule has 0 amide bonds. The highest BCUT2D eigenvalue weighted by Gasteiger charge is 1.98. The van der Waals surface area contributed by atoms with E-state index < -0.39 is 0 Å². The zero-order valence-electron chi connectivity index (χ0n) is 13.1. The fourth-order valence-corrected chi connectivity index (χ4v) is 2.88. The smallest absolute Gasteiger partial charge is 0.0320 e. The zero-order valence-corrected chi connectivity index (χ0v) is 16.3. The maximum absolute atomic E-state index is 3.53. The zero-order chi connectivity index (χ0) is 16.3. The Morgan fingerprint density at radius 1 is 0.870 bits per heavy atom. The van der Waals surface area contributed by atoms with Crippen LogP contribution in [0.2, 0.25) is 0 Å². The van der Waals surface area contributed by atoms with Gasteiger partial charge in [0.15, 0.2) is 0 Å². The van der Waals surface area contributed by atoms with Crippen LogP contribution in [0.5, 0.6) is 0 Å². The van der Waals surface area contributed by atoms with Gasteiger partial charge in [-0.1, -0.05) is 42.5 Å². The van der Waals surface area contributed by atoms with Gasteiger partial charge in [-0.05, 0) is 81.1 Å². The Balaban J connectivity index is 1.53. The molecule has 0 atom stereocenters. The molecule has 0 aliphatic carbocycles. The molecular formula is C20H21Br2N. The number of hydrogen-bond donors (Lipinski definition) is 1. The normalized spacial score (nSPS) is 10.2. The van der Waals surface area contributed by atoms with Crippen molar-refractivity contribution in [1.82, 2.24) is 5.32 Å². The van der Waals surface area contributed by atoms with E-state index in [1.54, 1.807) is 0 Å². The summed E-state index contributed by atoms with van der Waals surface area (Å²) < 4.78 is 2.20. The van der Waals surface area contributed by atoms with E-state index >= 15 is 0 Å². The van der Waals surface area contributed by atoms with Gasteiger partial charge in [-0.25, -0.2) is 0 Å². The highest BCUT2D eigenvalue weighted by Crippen LogP contribution is 2.23. The summed E-state index contributed by atoms with van der Waals surface area (Å²) in [6.45, 7) is 1.97. The fraction of sp³-hybridized carbons (Fsp3) is 0.300. The molecule has 0 fully saturated rings. The van der Waals surface area contributed by atoms with E-state index in [-0.39, 0.29) is 0 Å². The quantitative estimate of drug-likeness (QED) is 0.421. The first-order chi connectivity index (χ1) is 11.3. The molecule has 3 heteroatoms. The van der Waals surface area contributed by atoms with Crippen molar-refractivity contribution in [3.05, 3.63) is 68.6 Å². The SMILES string of the molecule is Brc1ccc(CNCCCCCC#Cc2ccccc2)cc1Br. The summed E-state index contributed by atoms with van der Waals surface area (Å²) in [5, 5.41) is 3.49. The molecule has 0 aromatic heterocycles. The minimum Gasteiger partial charge on any atom is -0.313 e. The molecule has 2 aromatic rings. The number of halogens is 2. The summed E-state index contributed by atoms with van der Waals surface area (Å²) in [5.74, 6) is 6.45. The van der Waals surface area contributed by atoms with Crippen LogP contribution in [0.4, 0.5) is 0 Å². The molecule has 0 heterocycles. The Labute approximate surface area is 156 Å². The highest BCUT2D eigenvalue weighted by molar-refractivity contribution is 9.13.